The third kappa shape index (κ3) is 4.66. The highest BCUT2D eigenvalue weighted by molar-refractivity contribution is 7.85. The zero-order valence-corrected chi connectivity index (χ0v) is 10.4. The monoisotopic (exact) mass is 288 g/mol. The molecule has 0 unspecified atom stereocenters. The van der Waals surface area contributed by atoms with Crippen molar-refractivity contribution in [1.29, 1.82) is 0 Å². The zero-order valence-electron chi connectivity index (χ0n) is 9.61. The van der Waals surface area contributed by atoms with Crippen LogP contribution in [0.1, 0.15) is 6.42 Å². The van der Waals surface area contributed by atoms with Gasteiger partial charge in [-0.15, -0.1) is 0 Å². The average Bonchev–Trinajstić information content (AvgIpc) is 2.27. The van der Waals surface area contributed by atoms with Gasteiger partial charge in [0.2, 0.25) is 5.91 Å². The summed E-state index contributed by atoms with van der Waals surface area (Å²) in [7, 11) is -4.30. The molecule has 0 aliphatic rings. The Labute approximate surface area is 109 Å². The van der Waals surface area contributed by atoms with Gasteiger partial charge in [-0.1, -0.05) is 0 Å². The number of hydrogen-bond acceptors (Lipinski definition) is 5. The number of anilines is 1. The van der Waals surface area contributed by atoms with E-state index in [1.54, 1.807) is 0 Å². The van der Waals surface area contributed by atoms with E-state index in [4.69, 9.17) is 15.4 Å². The van der Waals surface area contributed by atoms with Gasteiger partial charge >= 0.3 is 5.97 Å². The minimum Gasteiger partial charge on any atom is -0.481 e. The number of rotatable bonds is 5. The van der Waals surface area contributed by atoms with E-state index in [1.165, 1.54) is 12.1 Å². The van der Waals surface area contributed by atoms with Gasteiger partial charge in [0.05, 0.1) is 17.4 Å². The number of aliphatic carboxylic acids is 1. The SMILES string of the molecule is N[C@@H](CC(=O)O)C(=O)Nc1ccc(S(=O)(=O)O)cc1. The number of carbonyl (C=O) groups is 2. The standard InChI is InChI=1S/C10H12N2O6S/c11-8(5-9(13)14)10(15)12-6-1-3-7(4-2-6)19(16,17)18/h1-4,8H,5,11H2,(H,12,15)(H,13,14)(H,16,17,18)/t8-/m0/s1. The van der Waals surface area contributed by atoms with Gasteiger partial charge in [-0.3, -0.25) is 14.1 Å². The molecule has 1 atom stereocenters. The molecule has 0 aliphatic heterocycles. The Hall–Kier alpha value is -1.97. The van der Waals surface area contributed by atoms with Crippen molar-refractivity contribution in [1.82, 2.24) is 0 Å². The molecule has 0 saturated carbocycles. The van der Waals surface area contributed by atoms with E-state index in [0.717, 1.165) is 12.1 Å². The van der Waals surface area contributed by atoms with Crippen LogP contribution in [0.15, 0.2) is 29.2 Å². The number of carboxylic acids is 1. The molecule has 0 aliphatic carbocycles. The molecule has 0 bridgehead atoms. The van der Waals surface area contributed by atoms with Crippen molar-refractivity contribution in [2.75, 3.05) is 5.32 Å². The summed E-state index contributed by atoms with van der Waals surface area (Å²) in [6, 6.07) is 3.46. The molecule has 0 fully saturated rings. The van der Waals surface area contributed by atoms with Gasteiger partial charge in [-0.25, -0.2) is 0 Å². The summed E-state index contributed by atoms with van der Waals surface area (Å²) in [5.74, 6) is -1.91. The molecule has 104 valence electrons. The Morgan fingerprint density at radius 2 is 1.79 bits per heavy atom. The van der Waals surface area contributed by atoms with Gasteiger partial charge in [0.1, 0.15) is 0 Å². The highest BCUT2D eigenvalue weighted by Crippen LogP contribution is 2.13. The molecule has 0 spiro atoms. The van der Waals surface area contributed by atoms with Crippen molar-refractivity contribution in [3.63, 3.8) is 0 Å². The highest BCUT2D eigenvalue weighted by Gasteiger charge is 2.17. The molecule has 1 aromatic carbocycles. The summed E-state index contributed by atoms with van der Waals surface area (Å²) in [6.45, 7) is 0. The summed E-state index contributed by atoms with van der Waals surface area (Å²) in [5.41, 5.74) is 5.57. The lowest BCUT2D eigenvalue weighted by Crippen LogP contribution is -2.37. The van der Waals surface area contributed by atoms with Gasteiger partial charge in [-0.2, -0.15) is 8.42 Å². The first kappa shape index (κ1) is 15.1. The lowest BCUT2D eigenvalue weighted by atomic mass is 10.2. The molecule has 0 aromatic heterocycles. The van der Waals surface area contributed by atoms with Crippen LogP contribution in [0.4, 0.5) is 5.69 Å². The van der Waals surface area contributed by atoms with Gasteiger partial charge < -0.3 is 16.2 Å². The van der Waals surface area contributed by atoms with Crippen molar-refractivity contribution in [3.8, 4) is 0 Å². The molecule has 19 heavy (non-hydrogen) atoms. The predicted molar refractivity (Wildman–Crippen MR) is 65.1 cm³/mol. The quantitative estimate of drug-likeness (QED) is 0.542. The Morgan fingerprint density at radius 3 is 2.21 bits per heavy atom. The van der Waals surface area contributed by atoms with Crippen molar-refractivity contribution < 1.29 is 27.7 Å². The molecule has 5 N–H and O–H groups in total. The number of carbonyl (C=O) groups excluding carboxylic acids is 1. The zero-order chi connectivity index (χ0) is 14.6. The predicted octanol–water partition coefficient (Wildman–Crippen LogP) is -0.326. The molecule has 0 saturated heterocycles. The number of nitrogens with one attached hydrogen (secondary N) is 1. The third-order valence-electron chi connectivity index (χ3n) is 2.15. The number of hydrogen-bond donors (Lipinski definition) is 4. The second-order valence-electron chi connectivity index (χ2n) is 3.69. The largest absolute Gasteiger partial charge is 0.481 e. The van der Waals surface area contributed by atoms with E-state index in [1.807, 2.05) is 0 Å². The fraction of sp³-hybridized carbons (Fsp3) is 0.200. The second kappa shape index (κ2) is 5.78. The van der Waals surface area contributed by atoms with E-state index in [2.05, 4.69) is 5.32 Å². The fourth-order valence-electron chi connectivity index (χ4n) is 1.23. The highest BCUT2D eigenvalue weighted by atomic mass is 32.2. The van der Waals surface area contributed by atoms with Crippen LogP contribution in [-0.4, -0.2) is 36.0 Å². The fourth-order valence-corrected chi connectivity index (χ4v) is 1.71. The van der Waals surface area contributed by atoms with Crippen LogP contribution in [0.5, 0.6) is 0 Å². The van der Waals surface area contributed by atoms with E-state index in [9.17, 15) is 18.0 Å². The maximum absolute atomic E-state index is 11.5. The summed E-state index contributed by atoms with van der Waals surface area (Å²) in [4.78, 5) is 21.5. The number of nitrogens with two attached hydrogens (primary N) is 1. The van der Waals surface area contributed by atoms with E-state index in [-0.39, 0.29) is 10.6 Å². The summed E-state index contributed by atoms with van der Waals surface area (Å²) < 4.78 is 30.3. The first-order valence-corrected chi connectivity index (χ1v) is 6.50. The molecule has 0 heterocycles. The van der Waals surface area contributed by atoms with Gasteiger partial charge in [-0.05, 0) is 24.3 Å². The lowest BCUT2D eigenvalue weighted by Gasteiger charge is -2.10. The normalized spacial score (nSPS) is 12.7. The second-order valence-corrected chi connectivity index (χ2v) is 5.11. The molecule has 1 aromatic rings. The van der Waals surface area contributed by atoms with Crippen LogP contribution in [0, 0.1) is 0 Å². The van der Waals surface area contributed by atoms with Crippen LogP contribution < -0.4 is 11.1 Å². The summed E-state index contributed by atoms with van der Waals surface area (Å²) >= 11 is 0. The Kier molecular flexibility index (Phi) is 4.59. The maximum Gasteiger partial charge on any atom is 0.305 e. The van der Waals surface area contributed by atoms with Gasteiger partial charge in [0.15, 0.2) is 0 Å². The van der Waals surface area contributed by atoms with Crippen LogP contribution in [0.25, 0.3) is 0 Å². The average molecular weight is 288 g/mol. The molecule has 1 amide bonds. The minimum atomic E-state index is -4.30. The van der Waals surface area contributed by atoms with Crippen LogP contribution in [-0.2, 0) is 19.7 Å². The van der Waals surface area contributed by atoms with Gasteiger partial charge in [0, 0.05) is 5.69 Å². The maximum atomic E-state index is 11.5. The first-order chi connectivity index (χ1) is 8.70. The number of benzene rings is 1. The molecular weight excluding hydrogens is 276 g/mol. The van der Waals surface area contributed by atoms with Crippen molar-refractivity contribution in [2.24, 2.45) is 5.73 Å². The molecule has 1 rings (SSSR count). The van der Waals surface area contributed by atoms with Crippen LogP contribution >= 0.6 is 0 Å². The number of amides is 1. The Bertz CT molecular complexity index is 581. The van der Waals surface area contributed by atoms with Gasteiger partial charge in [0.25, 0.3) is 10.1 Å². The molecule has 8 nitrogen and oxygen atoms in total. The Morgan fingerprint density at radius 1 is 1.26 bits per heavy atom. The number of carboxylic acid groups (broad SMARTS) is 1. The van der Waals surface area contributed by atoms with Crippen LogP contribution in [0.3, 0.4) is 0 Å². The summed E-state index contributed by atoms with van der Waals surface area (Å²) in [6.07, 6.45) is -0.519. The van der Waals surface area contributed by atoms with Crippen molar-refractivity contribution >= 4 is 27.7 Å². The van der Waals surface area contributed by atoms with Crippen molar-refractivity contribution in [3.05, 3.63) is 24.3 Å². The minimum absolute atomic E-state index is 0.234. The Balaban J connectivity index is 2.73. The smallest absolute Gasteiger partial charge is 0.305 e. The third-order valence-corrected chi connectivity index (χ3v) is 3.02. The first-order valence-electron chi connectivity index (χ1n) is 5.06. The van der Waals surface area contributed by atoms with E-state index >= 15 is 0 Å². The molecule has 0 radical (unpaired) electrons. The molecule has 9 heteroatoms. The lowest BCUT2D eigenvalue weighted by molar-refractivity contribution is -0.138. The summed E-state index contributed by atoms with van der Waals surface area (Å²) in [5, 5.41) is 10.8. The van der Waals surface area contributed by atoms with Crippen molar-refractivity contribution in [2.45, 2.75) is 17.4 Å². The van der Waals surface area contributed by atoms with E-state index in [0.29, 0.717) is 0 Å². The topological polar surface area (TPSA) is 147 Å². The van der Waals surface area contributed by atoms with E-state index < -0.39 is 34.5 Å². The molecular formula is C10H12N2O6S. The van der Waals surface area contributed by atoms with Crippen LogP contribution in [0.2, 0.25) is 0 Å².